The minimum Gasteiger partial charge on any atom is -0.497 e. The zero-order chi connectivity index (χ0) is 14.4. The van der Waals surface area contributed by atoms with Crippen molar-refractivity contribution in [2.75, 3.05) is 19.0 Å². The molecule has 0 saturated carbocycles. The fourth-order valence-corrected chi connectivity index (χ4v) is 1.88. The monoisotopic (exact) mass is 336 g/mol. The molecule has 1 N–H and O–H groups in total. The molecule has 0 aliphatic rings. The molecular formula is C14H13BrN2O3. The van der Waals surface area contributed by atoms with Crippen LogP contribution < -0.4 is 14.8 Å². The first-order valence-corrected chi connectivity index (χ1v) is 6.65. The molecule has 0 bridgehead atoms. The van der Waals surface area contributed by atoms with E-state index in [2.05, 4.69) is 26.2 Å². The third kappa shape index (κ3) is 3.96. The number of methoxy groups -OCH3 is 1. The van der Waals surface area contributed by atoms with Gasteiger partial charge in [0, 0.05) is 18.0 Å². The van der Waals surface area contributed by atoms with Crippen LogP contribution >= 0.6 is 15.9 Å². The van der Waals surface area contributed by atoms with E-state index in [9.17, 15) is 4.79 Å². The summed E-state index contributed by atoms with van der Waals surface area (Å²) in [5, 5.41) is 2.73. The molecule has 0 aliphatic carbocycles. The molecule has 1 aromatic heterocycles. The number of nitrogens with zero attached hydrogens (tertiary/aromatic N) is 1. The highest BCUT2D eigenvalue weighted by Crippen LogP contribution is 2.21. The van der Waals surface area contributed by atoms with Crippen LogP contribution in [0.4, 0.5) is 5.69 Å². The van der Waals surface area contributed by atoms with E-state index in [4.69, 9.17) is 9.47 Å². The maximum absolute atomic E-state index is 11.8. The average Bonchev–Trinajstić information content (AvgIpc) is 2.46. The molecule has 0 unspecified atom stereocenters. The molecule has 104 valence electrons. The van der Waals surface area contributed by atoms with Crippen LogP contribution in [-0.2, 0) is 4.79 Å². The number of ether oxygens (including phenoxy) is 2. The zero-order valence-corrected chi connectivity index (χ0v) is 12.4. The largest absolute Gasteiger partial charge is 0.497 e. The number of amides is 1. The number of pyridine rings is 1. The molecule has 0 aliphatic heterocycles. The van der Waals surface area contributed by atoms with Crippen molar-refractivity contribution in [1.29, 1.82) is 0 Å². The SMILES string of the molecule is COc1cccc(NC(=O)COc2cccnc2Br)c1. The molecular weight excluding hydrogens is 324 g/mol. The number of nitrogens with one attached hydrogen (secondary N) is 1. The van der Waals surface area contributed by atoms with Crippen molar-refractivity contribution in [3.63, 3.8) is 0 Å². The number of anilines is 1. The van der Waals surface area contributed by atoms with Gasteiger partial charge in [-0.25, -0.2) is 4.98 Å². The Morgan fingerprint density at radius 1 is 1.35 bits per heavy atom. The maximum atomic E-state index is 11.8. The van der Waals surface area contributed by atoms with E-state index < -0.39 is 0 Å². The van der Waals surface area contributed by atoms with Crippen molar-refractivity contribution in [2.45, 2.75) is 0 Å². The van der Waals surface area contributed by atoms with Gasteiger partial charge in [-0.15, -0.1) is 0 Å². The summed E-state index contributed by atoms with van der Waals surface area (Å²) in [7, 11) is 1.57. The van der Waals surface area contributed by atoms with Crippen LogP contribution in [0.15, 0.2) is 47.2 Å². The number of carbonyl (C=O) groups excluding carboxylic acids is 1. The Morgan fingerprint density at radius 2 is 2.20 bits per heavy atom. The fraction of sp³-hybridized carbons (Fsp3) is 0.143. The van der Waals surface area contributed by atoms with Crippen LogP contribution in [0, 0.1) is 0 Å². The van der Waals surface area contributed by atoms with Gasteiger partial charge in [0.1, 0.15) is 10.4 Å². The number of aromatic nitrogens is 1. The van der Waals surface area contributed by atoms with Crippen molar-refractivity contribution in [2.24, 2.45) is 0 Å². The lowest BCUT2D eigenvalue weighted by atomic mass is 10.3. The van der Waals surface area contributed by atoms with Gasteiger partial charge in [-0.2, -0.15) is 0 Å². The summed E-state index contributed by atoms with van der Waals surface area (Å²) in [6.07, 6.45) is 1.63. The quantitative estimate of drug-likeness (QED) is 0.853. The van der Waals surface area contributed by atoms with E-state index in [0.29, 0.717) is 21.8 Å². The van der Waals surface area contributed by atoms with Gasteiger partial charge in [-0.05, 0) is 40.2 Å². The summed E-state index contributed by atoms with van der Waals surface area (Å²) < 4.78 is 11.0. The van der Waals surface area contributed by atoms with Gasteiger partial charge in [0.15, 0.2) is 12.4 Å². The second kappa shape index (κ2) is 6.91. The van der Waals surface area contributed by atoms with Gasteiger partial charge < -0.3 is 14.8 Å². The second-order valence-corrected chi connectivity index (χ2v) is 4.61. The second-order valence-electron chi connectivity index (χ2n) is 3.86. The van der Waals surface area contributed by atoms with Gasteiger partial charge in [-0.3, -0.25) is 4.79 Å². The average molecular weight is 337 g/mol. The Labute approximate surface area is 125 Å². The highest BCUT2D eigenvalue weighted by atomic mass is 79.9. The smallest absolute Gasteiger partial charge is 0.262 e. The molecule has 1 amide bonds. The topological polar surface area (TPSA) is 60.5 Å². The van der Waals surface area contributed by atoms with Crippen molar-refractivity contribution in [3.8, 4) is 11.5 Å². The first kappa shape index (κ1) is 14.3. The Bertz CT molecular complexity index is 604. The molecule has 1 heterocycles. The number of benzene rings is 1. The van der Waals surface area contributed by atoms with Crippen molar-refractivity contribution in [3.05, 3.63) is 47.2 Å². The summed E-state index contributed by atoms with van der Waals surface area (Å²) >= 11 is 3.25. The lowest BCUT2D eigenvalue weighted by Crippen LogP contribution is -2.20. The van der Waals surface area contributed by atoms with Crippen LogP contribution in [-0.4, -0.2) is 24.6 Å². The number of halogens is 1. The number of rotatable bonds is 5. The Hall–Kier alpha value is -2.08. The van der Waals surface area contributed by atoms with Crippen molar-refractivity contribution >= 4 is 27.5 Å². The van der Waals surface area contributed by atoms with E-state index in [-0.39, 0.29) is 12.5 Å². The summed E-state index contributed by atoms with van der Waals surface area (Å²) in [5.41, 5.74) is 0.656. The zero-order valence-electron chi connectivity index (χ0n) is 10.8. The van der Waals surface area contributed by atoms with E-state index in [1.54, 1.807) is 49.7 Å². The minimum absolute atomic E-state index is 0.0957. The lowest BCUT2D eigenvalue weighted by molar-refractivity contribution is -0.118. The van der Waals surface area contributed by atoms with E-state index in [1.165, 1.54) is 0 Å². The molecule has 0 radical (unpaired) electrons. The third-order valence-corrected chi connectivity index (χ3v) is 3.03. The Morgan fingerprint density at radius 3 is 2.95 bits per heavy atom. The van der Waals surface area contributed by atoms with Crippen LogP contribution in [0.5, 0.6) is 11.5 Å². The lowest BCUT2D eigenvalue weighted by Gasteiger charge is -2.09. The van der Waals surface area contributed by atoms with Crippen molar-refractivity contribution < 1.29 is 14.3 Å². The predicted molar refractivity (Wildman–Crippen MR) is 79.1 cm³/mol. The molecule has 0 saturated heterocycles. The highest BCUT2D eigenvalue weighted by Gasteiger charge is 2.06. The third-order valence-electron chi connectivity index (χ3n) is 2.44. The summed E-state index contributed by atoms with van der Waals surface area (Å²) in [5.74, 6) is 0.945. The molecule has 2 rings (SSSR count). The molecule has 0 spiro atoms. The predicted octanol–water partition coefficient (Wildman–Crippen LogP) is 2.87. The summed E-state index contributed by atoms with van der Waals surface area (Å²) in [6, 6.07) is 10.6. The summed E-state index contributed by atoms with van der Waals surface area (Å²) in [6.45, 7) is -0.0957. The number of carbonyl (C=O) groups is 1. The normalized spacial score (nSPS) is 9.90. The van der Waals surface area contributed by atoms with E-state index in [1.807, 2.05) is 0 Å². The molecule has 6 heteroatoms. The molecule has 0 fully saturated rings. The first-order chi connectivity index (χ1) is 9.69. The van der Waals surface area contributed by atoms with Crippen LogP contribution in [0.25, 0.3) is 0 Å². The molecule has 1 aromatic carbocycles. The number of hydrogen-bond donors (Lipinski definition) is 1. The Balaban J connectivity index is 1.91. The first-order valence-electron chi connectivity index (χ1n) is 5.86. The van der Waals surface area contributed by atoms with Crippen LogP contribution in [0.1, 0.15) is 0 Å². The van der Waals surface area contributed by atoms with Crippen LogP contribution in [0.3, 0.4) is 0 Å². The Kier molecular flexibility index (Phi) is 4.95. The molecule has 0 atom stereocenters. The molecule has 20 heavy (non-hydrogen) atoms. The highest BCUT2D eigenvalue weighted by molar-refractivity contribution is 9.10. The van der Waals surface area contributed by atoms with Gasteiger partial charge >= 0.3 is 0 Å². The van der Waals surface area contributed by atoms with Gasteiger partial charge in [0.25, 0.3) is 5.91 Å². The van der Waals surface area contributed by atoms with Gasteiger partial charge in [-0.1, -0.05) is 6.07 Å². The summed E-state index contributed by atoms with van der Waals surface area (Å²) in [4.78, 5) is 15.8. The molecule has 5 nitrogen and oxygen atoms in total. The van der Waals surface area contributed by atoms with Gasteiger partial charge in [0.2, 0.25) is 0 Å². The standard InChI is InChI=1S/C14H13BrN2O3/c1-19-11-5-2-4-10(8-11)17-13(18)9-20-12-6-3-7-16-14(12)15/h2-8H,9H2,1H3,(H,17,18). The fourth-order valence-electron chi connectivity index (χ4n) is 1.52. The minimum atomic E-state index is -0.256. The van der Waals surface area contributed by atoms with E-state index in [0.717, 1.165) is 0 Å². The van der Waals surface area contributed by atoms with Crippen molar-refractivity contribution in [1.82, 2.24) is 4.98 Å². The number of hydrogen-bond acceptors (Lipinski definition) is 4. The van der Waals surface area contributed by atoms with Gasteiger partial charge in [0.05, 0.1) is 7.11 Å². The molecule has 2 aromatic rings. The van der Waals surface area contributed by atoms with Crippen LogP contribution in [0.2, 0.25) is 0 Å². The maximum Gasteiger partial charge on any atom is 0.262 e. The van der Waals surface area contributed by atoms with E-state index >= 15 is 0 Å².